The van der Waals surface area contributed by atoms with Crippen LogP contribution in [0.15, 0.2) is 53.8 Å². The highest BCUT2D eigenvalue weighted by Gasteiger charge is 2.15. The molecule has 9 nitrogen and oxygen atoms in total. The topological polar surface area (TPSA) is 119 Å². The molecule has 0 aliphatic rings. The lowest BCUT2D eigenvalue weighted by Gasteiger charge is -2.09. The van der Waals surface area contributed by atoms with Crippen LogP contribution < -0.4 is 10.0 Å². The zero-order valence-electron chi connectivity index (χ0n) is 14.8. The van der Waals surface area contributed by atoms with Gasteiger partial charge in [0, 0.05) is 30.2 Å². The molecule has 0 aliphatic heterocycles. The number of nitrogens with one attached hydrogen (secondary N) is 2. The van der Waals surface area contributed by atoms with E-state index in [-0.39, 0.29) is 23.2 Å². The number of hydrogen-bond donors (Lipinski definition) is 2. The SMILES string of the molecule is Cc1c(I)cnn1CCC(=O)Nc1ccc(S(=O)(=O)Nc2ncccn2)cc1. The number of rotatable bonds is 7. The molecule has 1 aromatic carbocycles. The Bertz CT molecular complexity index is 1070. The molecule has 0 bridgehead atoms. The second-order valence-corrected chi connectivity index (χ2v) is 8.65. The first-order valence-corrected chi connectivity index (χ1v) is 10.8. The molecule has 0 fully saturated rings. The summed E-state index contributed by atoms with van der Waals surface area (Å²) in [6.45, 7) is 2.41. The molecule has 1 amide bonds. The second-order valence-electron chi connectivity index (χ2n) is 5.80. The van der Waals surface area contributed by atoms with E-state index < -0.39 is 10.0 Å². The van der Waals surface area contributed by atoms with E-state index >= 15 is 0 Å². The van der Waals surface area contributed by atoms with Crippen molar-refractivity contribution in [2.45, 2.75) is 24.8 Å². The molecule has 0 unspecified atom stereocenters. The number of carbonyl (C=O) groups is 1. The Labute approximate surface area is 175 Å². The van der Waals surface area contributed by atoms with E-state index in [2.05, 4.69) is 47.7 Å². The quantitative estimate of drug-likeness (QED) is 0.470. The standard InChI is InChI=1S/C17H17IN6O3S/c1-12-15(18)11-21-24(12)10-7-16(25)22-13-3-5-14(6-4-13)28(26,27)23-17-19-8-2-9-20-17/h2-6,8-9,11H,7,10H2,1H3,(H,22,25)(H,19,20,23). The van der Waals surface area contributed by atoms with Gasteiger partial charge in [-0.2, -0.15) is 5.10 Å². The lowest BCUT2D eigenvalue weighted by atomic mass is 10.3. The number of amides is 1. The Morgan fingerprint density at radius 3 is 2.46 bits per heavy atom. The van der Waals surface area contributed by atoms with Crippen molar-refractivity contribution in [2.24, 2.45) is 0 Å². The first-order valence-electron chi connectivity index (χ1n) is 8.23. The van der Waals surface area contributed by atoms with Crippen LogP contribution in [0.1, 0.15) is 12.1 Å². The second kappa shape index (κ2) is 8.65. The first kappa shape index (κ1) is 20.2. The zero-order valence-corrected chi connectivity index (χ0v) is 17.8. The maximum absolute atomic E-state index is 12.3. The van der Waals surface area contributed by atoms with Crippen molar-refractivity contribution in [2.75, 3.05) is 10.0 Å². The van der Waals surface area contributed by atoms with Gasteiger partial charge in [-0.3, -0.25) is 9.48 Å². The number of anilines is 2. The summed E-state index contributed by atoms with van der Waals surface area (Å²) in [6.07, 6.45) is 4.89. The fraction of sp³-hybridized carbons (Fsp3) is 0.176. The van der Waals surface area contributed by atoms with Crippen LogP contribution in [0.3, 0.4) is 0 Å². The predicted molar refractivity (Wildman–Crippen MR) is 112 cm³/mol. The molecule has 0 aliphatic carbocycles. The first-order chi connectivity index (χ1) is 13.3. The smallest absolute Gasteiger partial charge is 0.264 e. The minimum absolute atomic E-state index is 0.0107. The van der Waals surface area contributed by atoms with Gasteiger partial charge < -0.3 is 5.32 Å². The lowest BCUT2D eigenvalue weighted by molar-refractivity contribution is -0.116. The van der Waals surface area contributed by atoms with Crippen LogP contribution in [0, 0.1) is 10.5 Å². The molecule has 0 atom stereocenters. The van der Waals surface area contributed by atoms with Crippen molar-refractivity contribution in [3.63, 3.8) is 0 Å². The average Bonchev–Trinajstić information content (AvgIpc) is 2.99. The van der Waals surface area contributed by atoms with Crippen molar-refractivity contribution in [3.8, 4) is 0 Å². The molecule has 3 rings (SSSR count). The number of halogens is 1. The summed E-state index contributed by atoms with van der Waals surface area (Å²) in [5.41, 5.74) is 1.52. The van der Waals surface area contributed by atoms with Crippen LogP contribution in [0.5, 0.6) is 0 Å². The normalized spacial score (nSPS) is 11.2. The molecule has 146 valence electrons. The van der Waals surface area contributed by atoms with E-state index in [1.54, 1.807) is 16.9 Å². The molecule has 28 heavy (non-hydrogen) atoms. The molecule has 2 aromatic heterocycles. The molecule has 0 saturated heterocycles. The van der Waals surface area contributed by atoms with Gasteiger partial charge in [-0.1, -0.05) is 0 Å². The molecule has 0 radical (unpaired) electrons. The van der Waals surface area contributed by atoms with Gasteiger partial charge in [0.05, 0.1) is 21.2 Å². The van der Waals surface area contributed by atoms with Gasteiger partial charge in [0.1, 0.15) is 0 Å². The predicted octanol–water partition coefficient (Wildman–Crippen LogP) is 2.42. The van der Waals surface area contributed by atoms with Gasteiger partial charge in [0.2, 0.25) is 11.9 Å². The van der Waals surface area contributed by atoms with E-state index in [1.807, 2.05) is 6.92 Å². The third kappa shape index (κ3) is 5.04. The minimum atomic E-state index is -3.81. The third-order valence-corrected chi connectivity index (χ3v) is 6.24. The molecule has 2 heterocycles. The summed E-state index contributed by atoms with van der Waals surface area (Å²) in [7, 11) is -3.81. The summed E-state index contributed by atoms with van der Waals surface area (Å²) in [6, 6.07) is 7.45. The van der Waals surface area contributed by atoms with E-state index in [9.17, 15) is 13.2 Å². The van der Waals surface area contributed by atoms with Gasteiger partial charge in [0.25, 0.3) is 10.0 Å². The fourth-order valence-electron chi connectivity index (χ4n) is 2.33. The van der Waals surface area contributed by atoms with E-state index in [0.29, 0.717) is 12.2 Å². The minimum Gasteiger partial charge on any atom is -0.326 e. The highest BCUT2D eigenvalue weighted by molar-refractivity contribution is 14.1. The van der Waals surface area contributed by atoms with Crippen molar-refractivity contribution < 1.29 is 13.2 Å². The summed E-state index contributed by atoms with van der Waals surface area (Å²) in [5.74, 6) is -0.195. The van der Waals surface area contributed by atoms with Crippen LogP contribution in [-0.2, 0) is 21.4 Å². The molecule has 0 saturated carbocycles. The Morgan fingerprint density at radius 2 is 1.86 bits per heavy atom. The monoisotopic (exact) mass is 512 g/mol. The van der Waals surface area contributed by atoms with Gasteiger partial charge >= 0.3 is 0 Å². The van der Waals surface area contributed by atoms with Crippen molar-refractivity contribution in [3.05, 3.63) is 58.2 Å². The number of nitrogens with zero attached hydrogens (tertiary/aromatic N) is 4. The van der Waals surface area contributed by atoms with Crippen LogP contribution in [0.4, 0.5) is 11.6 Å². The summed E-state index contributed by atoms with van der Waals surface area (Å²) >= 11 is 2.19. The number of benzene rings is 1. The van der Waals surface area contributed by atoms with Crippen LogP contribution in [-0.4, -0.2) is 34.1 Å². The van der Waals surface area contributed by atoms with Crippen LogP contribution in [0.2, 0.25) is 0 Å². The maximum Gasteiger partial charge on any atom is 0.264 e. The van der Waals surface area contributed by atoms with Crippen LogP contribution >= 0.6 is 22.6 Å². The molecule has 2 N–H and O–H groups in total. The third-order valence-electron chi connectivity index (χ3n) is 3.83. The molecule has 0 spiro atoms. The van der Waals surface area contributed by atoms with Gasteiger partial charge in [-0.15, -0.1) is 0 Å². The Hall–Kier alpha value is -2.54. The highest BCUT2D eigenvalue weighted by atomic mass is 127. The maximum atomic E-state index is 12.3. The van der Waals surface area contributed by atoms with Gasteiger partial charge in [-0.05, 0) is 59.8 Å². The van der Waals surface area contributed by atoms with Gasteiger partial charge in [0.15, 0.2) is 0 Å². The Kier molecular flexibility index (Phi) is 6.24. The number of hydrogen-bond acceptors (Lipinski definition) is 6. The average molecular weight is 512 g/mol. The van der Waals surface area contributed by atoms with Crippen molar-refractivity contribution >= 4 is 50.2 Å². The van der Waals surface area contributed by atoms with Crippen molar-refractivity contribution in [1.82, 2.24) is 19.7 Å². The summed E-state index contributed by atoms with van der Waals surface area (Å²) in [5, 5.41) is 6.96. The number of aryl methyl sites for hydroxylation is 1. The zero-order chi connectivity index (χ0) is 20.1. The Balaban J connectivity index is 1.59. The number of carbonyl (C=O) groups excluding carboxylic acids is 1. The highest BCUT2D eigenvalue weighted by Crippen LogP contribution is 2.17. The molecule has 3 aromatic rings. The van der Waals surface area contributed by atoms with E-state index in [4.69, 9.17) is 0 Å². The van der Waals surface area contributed by atoms with Crippen molar-refractivity contribution in [1.29, 1.82) is 0 Å². The molecular weight excluding hydrogens is 495 g/mol. The number of sulfonamides is 1. The fourth-order valence-corrected chi connectivity index (χ4v) is 3.69. The van der Waals surface area contributed by atoms with E-state index in [1.165, 1.54) is 36.7 Å². The van der Waals surface area contributed by atoms with E-state index in [0.717, 1.165) is 9.26 Å². The van der Waals surface area contributed by atoms with Crippen LogP contribution in [0.25, 0.3) is 0 Å². The summed E-state index contributed by atoms with van der Waals surface area (Å²) < 4.78 is 29.8. The number of aromatic nitrogens is 4. The summed E-state index contributed by atoms with van der Waals surface area (Å²) in [4.78, 5) is 19.8. The van der Waals surface area contributed by atoms with Gasteiger partial charge in [-0.25, -0.2) is 23.1 Å². The largest absolute Gasteiger partial charge is 0.326 e. The molecular formula is C17H17IN6O3S. The molecule has 11 heteroatoms. The Morgan fingerprint density at radius 1 is 1.18 bits per heavy atom. The lowest BCUT2D eigenvalue weighted by Crippen LogP contribution is -2.16.